The van der Waals surface area contributed by atoms with Crippen molar-refractivity contribution in [3.63, 3.8) is 0 Å². The van der Waals surface area contributed by atoms with E-state index in [2.05, 4.69) is 20.3 Å². The number of nitrogens with one attached hydrogen (secondary N) is 1. The third-order valence-corrected chi connectivity index (χ3v) is 5.46. The van der Waals surface area contributed by atoms with Crippen LogP contribution in [0.2, 0.25) is 0 Å². The number of nitrogens with zero attached hydrogens (tertiary/aromatic N) is 4. The van der Waals surface area contributed by atoms with Crippen LogP contribution in [-0.2, 0) is 0 Å². The highest BCUT2D eigenvalue weighted by molar-refractivity contribution is 6.03. The molecule has 8 heteroatoms. The minimum absolute atomic E-state index is 0.0145. The molecule has 1 fully saturated rings. The van der Waals surface area contributed by atoms with Gasteiger partial charge in [-0.05, 0) is 66.9 Å². The van der Waals surface area contributed by atoms with Crippen molar-refractivity contribution in [2.75, 3.05) is 16.8 Å². The van der Waals surface area contributed by atoms with Gasteiger partial charge in [0.15, 0.2) is 11.3 Å². The van der Waals surface area contributed by atoms with Crippen LogP contribution in [0.4, 0.5) is 20.3 Å². The Hall–Kier alpha value is -3.81. The van der Waals surface area contributed by atoms with Gasteiger partial charge >= 0.3 is 0 Å². The first-order valence-electron chi connectivity index (χ1n) is 10.0. The summed E-state index contributed by atoms with van der Waals surface area (Å²) in [4.78, 5) is 19.2. The van der Waals surface area contributed by atoms with Crippen LogP contribution in [0, 0.1) is 11.6 Å². The van der Waals surface area contributed by atoms with E-state index in [1.165, 1.54) is 41.0 Å². The predicted molar refractivity (Wildman–Crippen MR) is 113 cm³/mol. The Balaban J connectivity index is 1.46. The minimum atomic E-state index is -0.396. The summed E-state index contributed by atoms with van der Waals surface area (Å²) in [6, 6.07) is 15.8. The summed E-state index contributed by atoms with van der Waals surface area (Å²) in [5, 5.41) is 7.39. The van der Waals surface area contributed by atoms with E-state index in [1.807, 2.05) is 12.1 Å². The average molecular weight is 418 g/mol. The number of anilines is 2. The number of carbonyl (C=O) groups excluding carboxylic acids is 1. The first-order valence-corrected chi connectivity index (χ1v) is 10.0. The van der Waals surface area contributed by atoms with Crippen molar-refractivity contribution in [3.05, 3.63) is 89.8 Å². The quantitative estimate of drug-likeness (QED) is 0.526. The molecular formula is C23H19F2N5O. The Kier molecular flexibility index (Phi) is 4.82. The van der Waals surface area contributed by atoms with E-state index < -0.39 is 5.91 Å². The molecular weight excluding hydrogens is 399 g/mol. The van der Waals surface area contributed by atoms with Crippen LogP contribution in [0.5, 0.6) is 0 Å². The molecule has 0 aliphatic carbocycles. The molecule has 3 heterocycles. The maximum atomic E-state index is 13.7. The average Bonchev–Trinajstić information content (AvgIpc) is 3.42. The molecule has 0 saturated carbocycles. The van der Waals surface area contributed by atoms with E-state index in [4.69, 9.17) is 0 Å². The fourth-order valence-electron chi connectivity index (χ4n) is 4.00. The number of fused-ring (bicyclic) bond motifs is 1. The minimum Gasteiger partial charge on any atom is -0.348 e. The van der Waals surface area contributed by atoms with Crippen LogP contribution in [0.1, 0.15) is 34.9 Å². The molecule has 0 spiro atoms. The molecule has 1 atom stereocenters. The van der Waals surface area contributed by atoms with Gasteiger partial charge in [0.25, 0.3) is 5.91 Å². The van der Waals surface area contributed by atoms with Crippen LogP contribution >= 0.6 is 0 Å². The lowest BCUT2D eigenvalue weighted by molar-refractivity contribution is 0.102. The Morgan fingerprint density at radius 3 is 2.68 bits per heavy atom. The van der Waals surface area contributed by atoms with Gasteiger partial charge in [0.05, 0.1) is 12.2 Å². The van der Waals surface area contributed by atoms with Crippen molar-refractivity contribution in [1.29, 1.82) is 0 Å². The standard InChI is InChI=1S/C23H19F2N5O/c24-16-6-8-18(9-7-16)27-23(31)20-14-26-21-10-11-22(28-30(20)21)29-12-2-5-19(29)15-3-1-4-17(25)13-15/h1,3-4,6-11,13-14,19H,2,5,12H2,(H,27,31)/t19-/m1/s1/i24-1. The molecule has 0 bridgehead atoms. The molecule has 1 aliphatic heterocycles. The highest BCUT2D eigenvalue weighted by Crippen LogP contribution is 2.35. The third-order valence-electron chi connectivity index (χ3n) is 5.46. The number of aromatic nitrogens is 3. The van der Waals surface area contributed by atoms with Crippen LogP contribution in [0.25, 0.3) is 5.65 Å². The lowest BCUT2D eigenvalue weighted by Crippen LogP contribution is -2.25. The zero-order valence-electron chi connectivity index (χ0n) is 16.5. The number of amides is 1. The molecule has 1 aliphatic rings. The summed E-state index contributed by atoms with van der Waals surface area (Å²) in [7, 11) is 0. The first-order chi connectivity index (χ1) is 15.1. The van der Waals surface area contributed by atoms with Crippen molar-refractivity contribution in [2.45, 2.75) is 18.9 Å². The lowest BCUT2D eigenvalue weighted by Gasteiger charge is -2.26. The molecule has 6 nitrogen and oxygen atoms in total. The second-order valence-electron chi connectivity index (χ2n) is 7.47. The molecule has 0 radical (unpaired) electrons. The van der Waals surface area contributed by atoms with Gasteiger partial charge in [-0.3, -0.25) is 4.79 Å². The Morgan fingerprint density at radius 1 is 1.03 bits per heavy atom. The summed E-state index contributed by atoms with van der Waals surface area (Å²) < 4.78 is 28.4. The largest absolute Gasteiger partial charge is 0.348 e. The third kappa shape index (κ3) is 3.72. The number of halogens is 2. The maximum Gasteiger partial charge on any atom is 0.276 e. The zero-order chi connectivity index (χ0) is 21.4. The molecule has 1 saturated heterocycles. The van der Waals surface area contributed by atoms with Gasteiger partial charge in [0.2, 0.25) is 0 Å². The SMILES string of the molecule is O=C(Nc1ccc([18F])cc1)c1cnc2ccc(N3CCC[C@@H]3c3cccc(F)c3)nn12. The van der Waals surface area contributed by atoms with Crippen molar-refractivity contribution in [2.24, 2.45) is 0 Å². The van der Waals surface area contributed by atoms with Crippen molar-refractivity contribution >= 4 is 23.1 Å². The molecule has 5 rings (SSSR count). The maximum absolute atomic E-state index is 13.7. The van der Waals surface area contributed by atoms with Gasteiger partial charge in [0.1, 0.15) is 17.5 Å². The Labute approximate surface area is 177 Å². The summed E-state index contributed by atoms with van der Waals surface area (Å²) in [5.74, 6) is -0.348. The van der Waals surface area contributed by atoms with Gasteiger partial charge in [0, 0.05) is 12.2 Å². The predicted octanol–water partition coefficient (Wildman–Crippen LogP) is 4.60. The van der Waals surface area contributed by atoms with E-state index in [1.54, 1.807) is 18.2 Å². The molecule has 31 heavy (non-hydrogen) atoms. The highest BCUT2D eigenvalue weighted by Gasteiger charge is 2.28. The summed E-state index contributed by atoms with van der Waals surface area (Å²) in [5.41, 5.74) is 2.18. The van der Waals surface area contributed by atoms with Gasteiger partial charge in [-0.25, -0.2) is 18.3 Å². The monoisotopic (exact) mass is 418 g/mol. The number of rotatable bonds is 4. The van der Waals surface area contributed by atoms with E-state index in [-0.39, 0.29) is 23.4 Å². The number of hydrogen-bond acceptors (Lipinski definition) is 4. The number of benzene rings is 2. The molecule has 156 valence electrons. The smallest absolute Gasteiger partial charge is 0.276 e. The molecule has 1 N–H and O–H groups in total. The summed E-state index contributed by atoms with van der Waals surface area (Å²) in [6.45, 7) is 0.783. The van der Waals surface area contributed by atoms with Gasteiger partial charge < -0.3 is 10.2 Å². The van der Waals surface area contributed by atoms with Crippen molar-refractivity contribution in [3.8, 4) is 0 Å². The number of imidazole rings is 1. The van der Waals surface area contributed by atoms with E-state index in [9.17, 15) is 13.6 Å². The molecule has 1 amide bonds. The van der Waals surface area contributed by atoms with E-state index in [0.717, 1.165) is 24.9 Å². The fourth-order valence-corrected chi connectivity index (χ4v) is 4.00. The number of carbonyl (C=O) groups is 1. The van der Waals surface area contributed by atoms with Gasteiger partial charge in [-0.1, -0.05) is 12.1 Å². The first kappa shape index (κ1) is 19.2. The van der Waals surface area contributed by atoms with E-state index >= 15 is 0 Å². The van der Waals surface area contributed by atoms with E-state index in [0.29, 0.717) is 17.2 Å². The summed E-state index contributed by atoms with van der Waals surface area (Å²) in [6.07, 6.45) is 3.31. The van der Waals surface area contributed by atoms with Crippen molar-refractivity contribution in [1.82, 2.24) is 14.6 Å². The summed E-state index contributed by atoms with van der Waals surface area (Å²) >= 11 is 0. The van der Waals surface area contributed by atoms with Crippen LogP contribution in [0.15, 0.2) is 66.9 Å². The Bertz CT molecular complexity index is 1250. The molecule has 4 aromatic rings. The highest BCUT2D eigenvalue weighted by atomic mass is 19.1. The molecule has 0 unspecified atom stereocenters. The molecule has 2 aromatic carbocycles. The second kappa shape index (κ2) is 7.79. The fraction of sp³-hybridized carbons (Fsp3) is 0.174. The van der Waals surface area contributed by atoms with Gasteiger partial charge in [-0.2, -0.15) is 0 Å². The van der Waals surface area contributed by atoms with Crippen LogP contribution < -0.4 is 10.2 Å². The molecule has 2 aromatic heterocycles. The van der Waals surface area contributed by atoms with Crippen LogP contribution in [0.3, 0.4) is 0 Å². The second-order valence-corrected chi connectivity index (χ2v) is 7.47. The lowest BCUT2D eigenvalue weighted by atomic mass is 10.0. The van der Waals surface area contributed by atoms with Crippen LogP contribution in [-0.4, -0.2) is 27.0 Å². The number of hydrogen-bond donors (Lipinski definition) is 1. The Morgan fingerprint density at radius 2 is 1.87 bits per heavy atom. The normalized spacial score (nSPS) is 16.1. The zero-order valence-corrected chi connectivity index (χ0v) is 16.5. The van der Waals surface area contributed by atoms with Gasteiger partial charge in [-0.15, -0.1) is 5.10 Å². The topological polar surface area (TPSA) is 62.5 Å². The van der Waals surface area contributed by atoms with Crippen molar-refractivity contribution < 1.29 is 13.6 Å².